The molecule has 1 aromatic carbocycles. The largest absolute Gasteiger partial charge is 0.480 e. The Morgan fingerprint density at radius 3 is 2.80 bits per heavy atom. The number of carboxylic acid groups (broad SMARTS) is 1. The number of aliphatic carboxylic acids is 1. The van der Waals surface area contributed by atoms with Crippen LogP contribution in [0.2, 0.25) is 0 Å². The second-order valence-corrected chi connectivity index (χ2v) is 3.66. The third-order valence-electron chi connectivity index (χ3n) is 2.05. The van der Waals surface area contributed by atoms with Crippen LogP contribution in [0, 0.1) is 12.7 Å². The summed E-state index contributed by atoms with van der Waals surface area (Å²) in [5, 5.41) is 8.55. The number of rotatable bonds is 4. The zero-order chi connectivity index (χ0) is 11.4. The van der Waals surface area contributed by atoms with E-state index < -0.39 is 5.97 Å². The molecule has 1 N–H and O–H groups in total. The summed E-state index contributed by atoms with van der Waals surface area (Å²) >= 11 is 0. The maximum Gasteiger partial charge on any atom is 0.317 e. The van der Waals surface area contributed by atoms with Gasteiger partial charge in [0.15, 0.2) is 0 Å². The van der Waals surface area contributed by atoms with Gasteiger partial charge in [0.05, 0.1) is 6.54 Å². The Morgan fingerprint density at radius 2 is 2.20 bits per heavy atom. The summed E-state index contributed by atoms with van der Waals surface area (Å²) in [6.07, 6.45) is 0. The molecule has 0 amide bonds. The van der Waals surface area contributed by atoms with Crippen LogP contribution in [0.25, 0.3) is 0 Å². The van der Waals surface area contributed by atoms with Crippen LogP contribution in [0.3, 0.4) is 0 Å². The van der Waals surface area contributed by atoms with E-state index in [1.165, 1.54) is 6.07 Å². The molecule has 0 heterocycles. The highest BCUT2D eigenvalue weighted by atomic mass is 19.1. The minimum Gasteiger partial charge on any atom is -0.480 e. The first-order chi connectivity index (χ1) is 6.99. The lowest BCUT2D eigenvalue weighted by Crippen LogP contribution is -2.25. The van der Waals surface area contributed by atoms with Gasteiger partial charge in [-0.1, -0.05) is 17.7 Å². The average molecular weight is 211 g/mol. The van der Waals surface area contributed by atoms with Crippen molar-refractivity contribution >= 4 is 5.97 Å². The third kappa shape index (κ3) is 3.67. The van der Waals surface area contributed by atoms with E-state index in [0.29, 0.717) is 12.1 Å². The topological polar surface area (TPSA) is 40.5 Å². The van der Waals surface area contributed by atoms with Crippen LogP contribution in [0.15, 0.2) is 18.2 Å². The van der Waals surface area contributed by atoms with E-state index in [2.05, 4.69) is 0 Å². The number of hydrogen-bond donors (Lipinski definition) is 1. The van der Waals surface area contributed by atoms with Gasteiger partial charge in [-0.25, -0.2) is 4.39 Å². The van der Waals surface area contributed by atoms with Crippen LogP contribution in [0.5, 0.6) is 0 Å². The van der Waals surface area contributed by atoms with E-state index in [9.17, 15) is 9.18 Å². The molecular formula is C11H14FNO2. The number of carbonyl (C=O) groups is 1. The molecule has 0 saturated carbocycles. The summed E-state index contributed by atoms with van der Waals surface area (Å²) < 4.78 is 13.3. The number of carboxylic acids is 1. The molecule has 82 valence electrons. The number of hydrogen-bond acceptors (Lipinski definition) is 2. The Morgan fingerprint density at radius 1 is 1.53 bits per heavy atom. The van der Waals surface area contributed by atoms with Gasteiger partial charge in [0.1, 0.15) is 5.82 Å². The van der Waals surface area contributed by atoms with Crippen molar-refractivity contribution < 1.29 is 14.3 Å². The average Bonchev–Trinajstić information content (AvgIpc) is 2.10. The first-order valence-corrected chi connectivity index (χ1v) is 4.64. The smallest absolute Gasteiger partial charge is 0.317 e. The lowest BCUT2D eigenvalue weighted by Gasteiger charge is -2.14. The lowest BCUT2D eigenvalue weighted by atomic mass is 10.1. The molecule has 0 unspecified atom stereocenters. The van der Waals surface area contributed by atoms with Gasteiger partial charge in [0.2, 0.25) is 0 Å². The van der Waals surface area contributed by atoms with E-state index in [4.69, 9.17) is 5.11 Å². The van der Waals surface area contributed by atoms with Gasteiger partial charge >= 0.3 is 5.97 Å². The normalized spacial score (nSPS) is 10.7. The Labute approximate surface area is 88.1 Å². The standard InChI is InChI=1S/C11H14FNO2/c1-8-3-4-10(12)9(5-8)6-13(2)7-11(14)15/h3-5H,6-7H2,1-2H3,(H,14,15). The van der Waals surface area contributed by atoms with Gasteiger partial charge in [0, 0.05) is 12.1 Å². The fraction of sp³-hybridized carbons (Fsp3) is 0.364. The van der Waals surface area contributed by atoms with Crippen molar-refractivity contribution in [3.63, 3.8) is 0 Å². The van der Waals surface area contributed by atoms with E-state index in [1.807, 2.05) is 6.92 Å². The number of halogens is 1. The van der Waals surface area contributed by atoms with Crippen LogP contribution in [0.4, 0.5) is 4.39 Å². The molecule has 0 spiro atoms. The number of likely N-dealkylation sites (N-methyl/N-ethyl adjacent to an activating group) is 1. The van der Waals surface area contributed by atoms with Gasteiger partial charge in [-0.05, 0) is 20.0 Å². The molecule has 1 rings (SSSR count). The summed E-state index contributed by atoms with van der Waals surface area (Å²) in [5.74, 6) is -1.21. The predicted molar refractivity (Wildman–Crippen MR) is 55.1 cm³/mol. The van der Waals surface area contributed by atoms with Crippen LogP contribution in [0.1, 0.15) is 11.1 Å². The fourth-order valence-corrected chi connectivity index (χ4v) is 1.40. The fourth-order valence-electron chi connectivity index (χ4n) is 1.40. The van der Waals surface area contributed by atoms with Gasteiger partial charge in [0.25, 0.3) is 0 Å². The van der Waals surface area contributed by atoms with Crippen molar-refractivity contribution in [2.45, 2.75) is 13.5 Å². The summed E-state index contributed by atoms with van der Waals surface area (Å²) in [7, 11) is 1.65. The van der Waals surface area contributed by atoms with Crippen LogP contribution in [-0.2, 0) is 11.3 Å². The van der Waals surface area contributed by atoms with Crippen molar-refractivity contribution in [3.8, 4) is 0 Å². The van der Waals surface area contributed by atoms with E-state index in [1.54, 1.807) is 24.1 Å². The monoisotopic (exact) mass is 211 g/mol. The summed E-state index contributed by atoms with van der Waals surface area (Å²) in [6, 6.07) is 4.82. The van der Waals surface area contributed by atoms with Crippen LogP contribution < -0.4 is 0 Å². The lowest BCUT2D eigenvalue weighted by molar-refractivity contribution is -0.138. The number of nitrogens with zero attached hydrogens (tertiary/aromatic N) is 1. The molecule has 15 heavy (non-hydrogen) atoms. The van der Waals surface area contributed by atoms with Crippen molar-refractivity contribution in [2.24, 2.45) is 0 Å². The molecule has 0 atom stereocenters. The SMILES string of the molecule is Cc1ccc(F)c(CN(C)CC(=O)O)c1. The number of aryl methyl sites for hydroxylation is 1. The molecule has 4 heteroatoms. The van der Waals surface area contributed by atoms with Gasteiger partial charge in [-0.15, -0.1) is 0 Å². The van der Waals surface area contributed by atoms with Gasteiger partial charge in [-0.3, -0.25) is 9.69 Å². The Bertz CT molecular complexity index is 366. The molecule has 0 aliphatic rings. The molecule has 0 bridgehead atoms. The predicted octanol–water partition coefficient (Wildman–Crippen LogP) is 1.65. The maximum atomic E-state index is 13.3. The first-order valence-electron chi connectivity index (χ1n) is 4.64. The van der Waals surface area contributed by atoms with Crippen molar-refractivity contribution in [1.82, 2.24) is 4.90 Å². The Balaban J connectivity index is 2.71. The van der Waals surface area contributed by atoms with Gasteiger partial charge in [-0.2, -0.15) is 0 Å². The van der Waals surface area contributed by atoms with E-state index in [-0.39, 0.29) is 12.4 Å². The van der Waals surface area contributed by atoms with E-state index >= 15 is 0 Å². The zero-order valence-corrected chi connectivity index (χ0v) is 8.83. The third-order valence-corrected chi connectivity index (χ3v) is 2.05. The summed E-state index contributed by atoms with van der Waals surface area (Å²) in [4.78, 5) is 12.0. The molecule has 0 saturated heterocycles. The van der Waals surface area contributed by atoms with Crippen LogP contribution >= 0.6 is 0 Å². The van der Waals surface area contributed by atoms with Crippen molar-refractivity contribution in [2.75, 3.05) is 13.6 Å². The number of benzene rings is 1. The molecule has 3 nitrogen and oxygen atoms in total. The highest BCUT2D eigenvalue weighted by molar-refractivity contribution is 5.69. The van der Waals surface area contributed by atoms with Crippen molar-refractivity contribution in [3.05, 3.63) is 35.1 Å². The summed E-state index contributed by atoms with van der Waals surface area (Å²) in [5.41, 5.74) is 1.49. The summed E-state index contributed by atoms with van der Waals surface area (Å²) in [6.45, 7) is 2.09. The van der Waals surface area contributed by atoms with Crippen molar-refractivity contribution in [1.29, 1.82) is 0 Å². The molecular weight excluding hydrogens is 197 g/mol. The van der Waals surface area contributed by atoms with Crippen LogP contribution in [-0.4, -0.2) is 29.6 Å². The Kier molecular flexibility index (Phi) is 3.80. The molecule has 0 aliphatic heterocycles. The molecule has 1 aromatic rings. The quantitative estimate of drug-likeness (QED) is 0.823. The zero-order valence-electron chi connectivity index (χ0n) is 8.83. The van der Waals surface area contributed by atoms with Gasteiger partial charge < -0.3 is 5.11 Å². The second-order valence-electron chi connectivity index (χ2n) is 3.66. The second kappa shape index (κ2) is 4.89. The minimum atomic E-state index is -0.912. The first kappa shape index (κ1) is 11.7. The maximum absolute atomic E-state index is 13.3. The van der Waals surface area contributed by atoms with E-state index in [0.717, 1.165) is 5.56 Å². The molecule has 0 aliphatic carbocycles. The highest BCUT2D eigenvalue weighted by Crippen LogP contribution is 2.11. The molecule has 0 aromatic heterocycles. The minimum absolute atomic E-state index is 0.0899. The Hall–Kier alpha value is -1.42. The molecule has 0 fully saturated rings. The molecule has 0 radical (unpaired) electrons. The highest BCUT2D eigenvalue weighted by Gasteiger charge is 2.08.